The van der Waals surface area contributed by atoms with E-state index in [4.69, 9.17) is 0 Å². The summed E-state index contributed by atoms with van der Waals surface area (Å²) in [4.78, 5) is 16.1. The topological polar surface area (TPSA) is 83.3 Å². The van der Waals surface area contributed by atoms with Gasteiger partial charge in [-0.05, 0) is 25.3 Å². The molecule has 8 heteroatoms. The Bertz CT molecular complexity index is 396. The average molecular weight is 243 g/mol. The molecule has 2 atom stereocenters. The molecule has 0 bridgehead atoms. The summed E-state index contributed by atoms with van der Waals surface area (Å²) in [7, 11) is 1.98. The van der Waals surface area contributed by atoms with Gasteiger partial charge in [-0.15, -0.1) is 0 Å². The Morgan fingerprint density at radius 1 is 1.81 bits per heavy atom. The number of aromatic nitrogens is 1. The van der Waals surface area contributed by atoms with Crippen LogP contribution in [0.4, 0.5) is 10.1 Å². The number of nitrogens with zero attached hydrogens (tertiary/aromatic N) is 3. The molecule has 1 fully saturated rings. The molecule has 1 aliphatic rings. The first-order chi connectivity index (χ1) is 7.56. The lowest BCUT2D eigenvalue weighted by Gasteiger charge is -2.19. The minimum Gasteiger partial charge on any atom is -0.333 e. The van der Waals surface area contributed by atoms with Crippen LogP contribution in [0, 0.1) is 10.1 Å². The first-order valence-electron chi connectivity index (χ1n) is 4.89. The first kappa shape index (κ1) is 11.2. The molecule has 1 saturated heterocycles. The van der Waals surface area contributed by atoms with Crippen LogP contribution in [0.5, 0.6) is 0 Å². The van der Waals surface area contributed by atoms with Gasteiger partial charge in [-0.1, -0.05) is 0 Å². The zero-order valence-corrected chi connectivity index (χ0v) is 9.82. The molecular formula is C8H13N5O2S. The maximum atomic E-state index is 10.5. The van der Waals surface area contributed by atoms with Gasteiger partial charge in [0.25, 0.3) is 0 Å². The summed E-state index contributed by atoms with van der Waals surface area (Å²) in [5, 5.41) is 17.5. The Morgan fingerprint density at radius 2 is 2.56 bits per heavy atom. The minimum atomic E-state index is -0.433. The van der Waals surface area contributed by atoms with Crippen LogP contribution in [0.3, 0.4) is 0 Å². The highest BCUT2D eigenvalue weighted by atomic mass is 32.1. The van der Waals surface area contributed by atoms with E-state index >= 15 is 0 Å². The second kappa shape index (κ2) is 4.32. The van der Waals surface area contributed by atoms with Gasteiger partial charge in [0.05, 0.1) is 4.92 Å². The van der Waals surface area contributed by atoms with E-state index in [-0.39, 0.29) is 11.3 Å². The normalized spacial score (nSPS) is 25.9. The monoisotopic (exact) mass is 243 g/mol. The molecule has 0 amide bonds. The molecule has 88 valence electrons. The van der Waals surface area contributed by atoms with Crippen LogP contribution in [0.2, 0.25) is 0 Å². The Morgan fingerprint density at radius 3 is 3.06 bits per heavy atom. The van der Waals surface area contributed by atoms with Crippen molar-refractivity contribution in [3.63, 3.8) is 0 Å². The quantitative estimate of drug-likeness (QED) is 0.599. The van der Waals surface area contributed by atoms with Crippen LogP contribution in [0.1, 0.15) is 6.92 Å². The summed E-state index contributed by atoms with van der Waals surface area (Å²) in [5.41, 5.74) is 0. The van der Waals surface area contributed by atoms with Gasteiger partial charge >= 0.3 is 5.00 Å². The van der Waals surface area contributed by atoms with Gasteiger partial charge in [-0.2, -0.15) is 0 Å². The van der Waals surface area contributed by atoms with Crippen molar-refractivity contribution in [2.75, 3.05) is 18.9 Å². The molecule has 0 spiro atoms. The van der Waals surface area contributed by atoms with Gasteiger partial charge in [0.1, 0.15) is 12.5 Å². The Kier molecular flexibility index (Phi) is 3.03. The minimum absolute atomic E-state index is 0.0132. The van der Waals surface area contributed by atoms with E-state index in [1.54, 1.807) is 0 Å². The van der Waals surface area contributed by atoms with E-state index in [9.17, 15) is 10.1 Å². The van der Waals surface area contributed by atoms with Crippen molar-refractivity contribution in [2.24, 2.45) is 0 Å². The van der Waals surface area contributed by atoms with Crippen molar-refractivity contribution < 1.29 is 4.92 Å². The van der Waals surface area contributed by atoms with E-state index in [1.807, 2.05) is 7.05 Å². The van der Waals surface area contributed by atoms with Gasteiger partial charge in [0, 0.05) is 12.6 Å². The second-order valence-corrected chi connectivity index (χ2v) is 4.82. The highest BCUT2D eigenvalue weighted by Gasteiger charge is 2.26. The number of nitrogens with one attached hydrogen (secondary N) is 2. The predicted octanol–water partition coefficient (Wildman–Crippen LogP) is 0.670. The van der Waals surface area contributed by atoms with Gasteiger partial charge in [0.2, 0.25) is 0 Å². The van der Waals surface area contributed by atoms with Crippen LogP contribution in [0.25, 0.3) is 0 Å². The fraction of sp³-hybridized carbons (Fsp3) is 0.625. The van der Waals surface area contributed by atoms with Crippen LogP contribution in [-0.2, 0) is 0 Å². The van der Waals surface area contributed by atoms with Crippen molar-refractivity contribution >= 4 is 21.5 Å². The Hall–Kier alpha value is -1.25. The van der Waals surface area contributed by atoms with Gasteiger partial charge < -0.3 is 5.32 Å². The maximum absolute atomic E-state index is 10.5. The Balaban J connectivity index is 2.01. The molecular weight excluding hydrogens is 230 g/mol. The molecule has 2 unspecified atom stereocenters. The van der Waals surface area contributed by atoms with Crippen LogP contribution < -0.4 is 10.6 Å². The maximum Gasteiger partial charge on any atom is 0.345 e. The highest BCUT2D eigenvalue weighted by molar-refractivity contribution is 7.18. The van der Waals surface area contributed by atoms with E-state index in [0.29, 0.717) is 11.2 Å². The van der Waals surface area contributed by atoms with Gasteiger partial charge in [-0.3, -0.25) is 20.3 Å². The van der Waals surface area contributed by atoms with Crippen molar-refractivity contribution in [1.29, 1.82) is 0 Å². The summed E-state index contributed by atoms with van der Waals surface area (Å²) in [6.07, 6.45) is 1.26. The molecule has 2 N–H and O–H groups in total. The van der Waals surface area contributed by atoms with Crippen LogP contribution in [-0.4, -0.2) is 40.7 Å². The summed E-state index contributed by atoms with van der Waals surface area (Å²) in [6, 6.07) is 0.400. The van der Waals surface area contributed by atoms with E-state index in [0.717, 1.165) is 17.9 Å². The summed E-state index contributed by atoms with van der Waals surface area (Å²) in [6.45, 7) is 3.02. The standard InChI is InChI=1S/C8H13N5O2S/c1-5-4-12(2)7(10-5)11-8-9-3-6(16-8)13(14)15/h3,5,7,10H,4H2,1-2H3,(H,9,11). The number of anilines is 1. The number of thiazole rings is 1. The molecule has 1 aliphatic heterocycles. The largest absolute Gasteiger partial charge is 0.345 e. The lowest BCUT2D eigenvalue weighted by atomic mass is 10.4. The molecule has 0 aromatic carbocycles. The fourth-order valence-electron chi connectivity index (χ4n) is 1.67. The third-order valence-corrected chi connectivity index (χ3v) is 3.26. The lowest BCUT2D eigenvalue weighted by Crippen LogP contribution is -2.40. The number of hydrogen-bond acceptors (Lipinski definition) is 7. The third kappa shape index (κ3) is 2.29. The molecule has 0 saturated carbocycles. The molecule has 1 aromatic heterocycles. The molecule has 2 rings (SSSR count). The van der Waals surface area contributed by atoms with Crippen LogP contribution in [0.15, 0.2) is 6.20 Å². The smallest absolute Gasteiger partial charge is 0.333 e. The van der Waals surface area contributed by atoms with Crippen molar-refractivity contribution in [2.45, 2.75) is 19.3 Å². The number of likely N-dealkylation sites (N-methyl/N-ethyl adjacent to an activating group) is 1. The Labute approximate surface area is 96.6 Å². The second-order valence-electron chi connectivity index (χ2n) is 3.81. The molecule has 2 heterocycles. The summed E-state index contributed by atoms with van der Waals surface area (Å²) in [5.74, 6) is 0. The zero-order chi connectivity index (χ0) is 11.7. The molecule has 16 heavy (non-hydrogen) atoms. The summed E-state index contributed by atoms with van der Waals surface area (Å²) < 4.78 is 0. The van der Waals surface area contributed by atoms with Gasteiger partial charge in [0.15, 0.2) is 5.13 Å². The highest BCUT2D eigenvalue weighted by Crippen LogP contribution is 2.25. The predicted molar refractivity (Wildman–Crippen MR) is 61.4 cm³/mol. The van der Waals surface area contributed by atoms with Crippen molar-refractivity contribution in [1.82, 2.24) is 15.2 Å². The first-order valence-corrected chi connectivity index (χ1v) is 5.71. The fourth-order valence-corrected chi connectivity index (χ4v) is 2.33. The number of rotatable bonds is 3. The van der Waals surface area contributed by atoms with Crippen molar-refractivity contribution in [3.8, 4) is 0 Å². The SMILES string of the molecule is CC1CN(C)C(Nc2ncc([N+](=O)[O-])s2)N1. The van der Waals surface area contributed by atoms with Crippen molar-refractivity contribution in [3.05, 3.63) is 16.3 Å². The van der Waals surface area contributed by atoms with E-state index in [2.05, 4.69) is 27.4 Å². The third-order valence-electron chi connectivity index (χ3n) is 2.38. The zero-order valence-electron chi connectivity index (χ0n) is 9.01. The van der Waals surface area contributed by atoms with Crippen LogP contribution >= 0.6 is 11.3 Å². The molecule has 0 aliphatic carbocycles. The van der Waals surface area contributed by atoms with E-state index in [1.165, 1.54) is 6.20 Å². The molecule has 7 nitrogen and oxygen atoms in total. The lowest BCUT2D eigenvalue weighted by molar-refractivity contribution is -0.380. The number of nitro groups is 1. The van der Waals surface area contributed by atoms with Gasteiger partial charge in [-0.25, -0.2) is 4.98 Å². The molecule has 1 aromatic rings. The van der Waals surface area contributed by atoms with E-state index < -0.39 is 4.92 Å². The molecule has 0 radical (unpaired) electrons. The average Bonchev–Trinajstić information content (AvgIpc) is 2.75. The summed E-state index contributed by atoms with van der Waals surface area (Å²) >= 11 is 1.04. The number of hydrogen-bond donors (Lipinski definition) is 2.